The maximum Gasteiger partial charge on any atom is 0.410 e. The number of ether oxygens (including phenoxy) is 1. The quantitative estimate of drug-likeness (QED) is 0.746. The highest BCUT2D eigenvalue weighted by Crippen LogP contribution is 2.22. The van der Waals surface area contributed by atoms with Crippen LogP contribution in [0.15, 0.2) is 39.7 Å². The Morgan fingerprint density at radius 1 is 1.15 bits per heavy atom. The van der Waals surface area contributed by atoms with Crippen molar-refractivity contribution in [1.29, 1.82) is 0 Å². The van der Waals surface area contributed by atoms with Crippen molar-refractivity contribution in [3.8, 4) is 0 Å². The minimum Gasteiger partial charge on any atom is -0.444 e. The lowest BCUT2D eigenvalue weighted by Gasteiger charge is -2.36. The third-order valence-electron chi connectivity index (χ3n) is 4.32. The van der Waals surface area contributed by atoms with Gasteiger partial charge in [-0.25, -0.2) is 4.79 Å². The molecule has 1 aliphatic rings. The second kappa shape index (κ2) is 7.40. The van der Waals surface area contributed by atoms with E-state index in [0.717, 1.165) is 23.1 Å². The van der Waals surface area contributed by atoms with Crippen LogP contribution in [-0.2, 0) is 11.4 Å². The van der Waals surface area contributed by atoms with Crippen LogP contribution in [0.5, 0.6) is 0 Å². The molecule has 2 aromatic rings. The predicted molar refractivity (Wildman–Crippen MR) is 105 cm³/mol. The Morgan fingerprint density at radius 3 is 2.50 bits per heavy atom. The molecule has 1 aromatic carbocycles. The molecule has 0 bridgehead atoms. The van der Waals surface area contributed by atoms with Crippen LogP contribution in [0.3, 0.4) is 0 Å². The van der Waals surface area contributed by atoms with E-state index in [1.54, 1.807) is 11.0 Å². The summed E-state index contributed by atoms with van der Waals surface area (Å²) in [7, 11) is 0. The first kappa shape index (κ1) is 18.9. The Kier molecular flexibility index (Phi) is 5.39. The Labute approximate surface area is 161 Å². The summed E-state index contributed by atoms with van der Waals surface area (Å²) in [6.45, 7) is 9.08. The molecule has 6 nitrogen and oxygen atoms in total. The van der Waals surface area contributed by atoms with Crippen LogP contribution in [0, 0.1) is 0 Å². The Hall–Kier alpha value is -1.86. The number of para-hydroxylation sites is 1. The zero-order valence-electron chi connectivity index (χ0n) is 15.4. The summed E-state index contributed by atoms with van der Waals surface area (Å²) in [5, 5.41) is 0.703. The molecule has 26 heavy (non-hydrogen) atoms. The van der Waals surface area contributed by atoms with Crippen LogP contribution < -0.4 is 5.43 Å². The van der Waals surface area contributed by atoms with E-state index < -0.39 is 5.60 Å². The van der Waals surface area contributed by atoms with Crippen molar-refractivity contribution in [2.75, 3.05) is 26.2 Å². The fraction of sp³-hybridized carbons (Fsp3) is 0.474. The molecule has 3 rings (SSSR count). The van der Waals surface area contributed by atoms with Gasteiger partial charge < -0.3 is 14.2 Å². The lowest BCUT2D eigenvalue weighted by atomic mass is 10.2. The molecule has 0 saturated carbocycles. The average molecular weight is 422 g/mol. The first-order chi connectivity index (χ1) is 12.2. The first-order valence-electron chi connectivity index (χ1n) is 8.72. The molecule has 1 amide bonds. The maximum atomic E-state index is 12.2. The first-order valence-corrected chi connectivity index (χ1v) is 9.52. The fourth-order valence-corrected chi connectivity index (χ4v) is 3.65. The highest BCUT2D eigenvalue weighted by atomic mass is 79.9. The standard InChI is InChI=1S/C19H24BrN3O3/c1-19(2,3)26-18(25)22-11-9-21(10-12-22)13-23-8-7-16(24)14-5-4-6-15(20)17(14)23/h4-8H,9-13H2,1-3H3. The molecule has 7 heteroatoms. The number of aromatic nitrogens is 1. The SMILES string of the molecule is CC(C)(C)OC(=O)N1CCN(Cn2ccc(=O)c3cccc(Br)c32)CC1. The molecular formula is C19H24BrN3O3. The van der Waals surface area contributed by atoms with Crippen molar-refractivity contribution in [1.82, 2.24) is 14.4 Å². The Balaban J connectivity index is 1.69. The Morgan fingerprint density at radius 2 is 1.85 bits per heavy atom. The molecule has 2 heterocycles. The van der Waals surface area contributed by atoms with E-state index in [9.17, 15) is 9.59 Å². The molecule has 1 aromatic heterocycles. The van der Waals surface area contributed by atoms with Crippen LogP contribution in [-0.4, -0.2) is 52.2 Å². The number of amides is 1. The molecule has 0 unspecified atom stereocenters. The van der Waals surface area contributed by atoms with Crippen LogP contribution >= 0.6 is 15.9 Å². The van der Waals surface area contributed by atoms with Crippen LogP contribution in [0.1, 0.15) is 20.8 Å². The van der Waals surface area contributed by atoms with Gasteiger partial charge in [0.05, 0.1) is 12.2 Å². The van der Waals surface area contributed by atoms with Crippen molar-refractivity contribution in [2.24, 2.45) is 0 Å². The van der Waals surface area contributed by atoms with E-state index in [1.807, 2.05) is 45.2 Å². The number of piperazine rings is 1. The molecule has 1 aliphatic heterocycles. The lowest BCUT2D eigenvalue weighted by Crippen LogP contribution is -2.50. The molecular weight excluding hydrogens is 398 g/mol. The number of carbonyl (C=O) groups excluding carboxylic acids is 1. The van der Waals surface area contributed by atoms with Gasteiger partial charge in [0.15, 0.2) is 5.43 Å². The summed E-state index contributed by atoms with van der Waals surface area (Å²) in [4.78, 5) is 28.3. The van der Waals surface area contributed by atoms with Crippen molar-refractivity contribution in [3.63, 3.8) is 0 Å². The molecule has 0 N–H and O–H groups in total. The largest absolute Gasteiger partial charge is 0.444 e. The third kappa shape index (κ3) is 4.27. The lowest BCUT2D eigenvalue weighted by molar-refractivity contribution is 0.0120. The summed E-state index contributed by atoms with van der Waals surface area (Å²) in [5.41, 5.74) is 0.442. The average Bonchev–Trinajstić information content (AvgIpc) is 2.57. The van der Waals surface area contributed by atoms with E-state index >= 15 is 0 Å². The molecule has 0 spiro atoms. The summed E-state index contributed by atoms with van der Waals surface area (Å²) in [5.74, 6) is 0. The van der Waals surface area contributed by atoms with Crippen molar-refractivity contribution >= 4 is 32.9 Å². The predicted octanol–water partition coefficient (Wildman–Crippen LogP) is 3.27. The second-order valence-electron chi connectivity index (χ2n) is 7.51. The molecule has 0 atom stereocenters. The van der Waals surface area contributed by atoms with E-state index in [-0.39, 0.29) is 11.5 Å². The van der Waals surface area contributed by atoms with Crippen molar-refractivity contribution in [3.05, 3.63) is 45.2 Å². The molecule has 0 radical (unpaired) electrons. The number of carbonyl (C=O) groups is 1. The number of benzene rings is 1. The third-order valence-corrected chi connectivity index (χ3v) is 4.96. The van der Waals surface area contributed by atoms with Gasteiger partial charge in [-0.1, -0.05) is 6.07 Å². The number of halogens is 1. The van der Waals surface area contributed by atoms with Gasteiger partial charge in [0, 0.05) is 48.3 Å². The number of pyridine rings is 1. The highest BCUT2D eigenvalue weighted by Gasteiger charge is 2.26. The fourth-order valence-electron chi connectivity index (χ4n) is 3.06. The second-order valence-corrected chi connectivity index (χ2v) is 8.37. The molecule has 1 fully saturated rings. The van der Waals surface area contributed by atoms with Crippen LogP contribution in [0.4, 0.5) is 4.79 Å². The minimum atomic E-state index is -0.477. The van der Waals surface area contributed by atoms with Crippen LogP contribution in [0.2, 0.25) is 0 Å². The van der Waals surface area contributed by atoms with E-state index in [2.05, 4.69) is 25.4 Å². The summed E-state index contributed by atoms with van der Waals surface area (Å²) >= 11 is 3.56. The number of rotatable bonds is 2. The Bertz CT molecular complexity index is 864. The zero-order valence-corrected chi connectivity index (χ0v) is 17.0. The highest BCUT2D eigenvalue weighted by molar-refractivity contribution is 9.10. The van der Waals surface area contributed by atoms with E-state index in [0.29, 0.717) is 25.1 Å². The monoisotopic (exact) mass is 421 g/mol. The summed E-state index contributed by atoms with van der Waals surface area (Å²) in [6.07, 6.45) is 1.57. The van der Waals surface area contributed by atoms with Crippen LogP contribution in [0.25, 0.3) is 10.9 Å². The van der Waals surface area contributed by atoms with Gasteiger partial charge >= 0.3 is 6.09 Å². The van der Waals surface area contributed by atoms with Gasteiger partial charge in [0.2, 0.25) is 0 Å². The smallest absolute Gasteiger partial charge is 0.410 e. The molecule has 1 saturated heterocycles. The summed E-state index contributed by atoms with van der Waals surface area (Å²) < 4.78 is 8.42. The van der Waals surface area contributed by atoms with E-state index in [1.165, 1.54) is 0 Å². The van der Waals surface area contributed by atoms with Crippen molar-refractivity contribution in [2.45, 2.75) is 33.0 Å². The maximum absolute atomic E-state index is 12.2. The number of hydrogen-bond donors (Lipinski definition) is 0. The molecule has 140 valence electrons. The van der Waals surface area contributed by atoms with Gasteiger partial charge in [-0.3, -0.25) is 9.69 Å². The van der Waals surface area contributed by atoms with Gasteiger partial charge in [0.1, 0.15) is 5.60 Å². The van der Waals surface area contributed by atoms with E-state index in [4.69, 9.17) is 4.74 Å². The van der Waals surface area contributed by atoms with Gasteiger partial charge in [-0.05, 0) is 48.8 Å². The number of nitrogens with zero attached hydrogens (tertiary/aromatic N) is 3. The van der Waals surface area contributed by atoms with Gasteiger partial charge in [-0.2, -0.15) is 0 Å². The zero-order chi connectivity index (χ0) is 18.9. The van der Waals surface area contributed by atoms with Crippen molar-refractivity contribution < 1.29 is 9.53 Å². The normalized spacial score (nSPS) is 16.1. The van der Waals surface area contributed by atoms with Gasteiger partial charge in [-0.15, -0.1) is 0 Å². The minimum absolute atomic E-state index is 0.0206. The topological polar surface area (TPSA) is 54.8 Å². The molecule has 0 aliphatic carbocycles. The number of fused-ring (bicyclic) bond motifs is 1. The summed E-state index contributed by atoms with van der Waals surface area (Å²) in [6, 6.07) is 7.27. The number of hydrogen-bond acceptors (Lipinski definition) is 4. The van der Waals surface area contributed by atoms with Gasteiger partial charge in [0.25, 0.3) is 0 Å².